The van der Waals surface area contributed by atoms with Crippen LogP contribution in [0.25, 0.3) is 0 Å². The van der Waals surface area contributed by atoms with Gasteiger partial charge in [0.05, 0.1) is 11.4 Å². The molecule has 0 amide bonds. The molecule has 0 saturated carbocycles. The van der Waals surface area contributed by atoms with E-state index in [4.69, 9.17) is 5.11 Å². The van der Waals surface area contributed by atoms with Crippen molar-refractivity contribution in [3.05, 3.63) is 65.2 Å². The number of Topliss-reactive ketones (excluding diaryl/α,β-unsaturated/α-hetero) is 1. The molecule has 0 aliphatic carbocycles. The maximum Gasteiger partial charge on any atom is 0.303 e. The van der Waals surface area contributed by atoms with Crippen LogP contribution >= 0.6 is 0 Å². The first-order valence-electron chi connectivity index (χ1n) is 8.24. The Morgan fingerprint density at radius 3 is 2.08 bits per heavy atom. The first kappa shape index (κ1) is 19.8. The molecular formula is C19H21NO5S. The van der Waals surface area contributed by atoms with Gasteiger partial charge in [-0.2, -0.15) is 0 Å². The number of ketones is 1. The van der Waals surface area contributed by atoms with Crippen LogP contribution in [-0.4, -0.2) is 31.8 Å². The third-order valence-corrected chi connectivity index (χ3v) is 5.39. The van der Waals surface area contributed by atoms with E-state index < -0.39 is 16.0 Å². The van der Waals surface area contributed by atoms with Gasteiger partial charge in [0.15, 0.2) is 5.78 Å². The minimum atomic E-state index is -3.75. The third-order valence-electron chi connectivity index (χ3n) is 3.97. The van der Waals surface area contributed by atoms with Crippen molar-refractivity contribution in [2.45, 2.75) is 31.1 Å². The zero-order valence-corrected chi connectivity index (χ0v) is 15.3. The lowest BCUT2D eigenvalue weighted by Crippen LogP contribution is -2.29. The lowest BCUT2D eigenvalue weighted by Gasteiger charge is -2.07. The summed E-state index contributed by atoms with van der Waals surface area (Å²) in [6.07, 6.45) is 1.21. The molecule has 0 aromatic heterocycles. The van der Waals surface area contributed by atoms with Gasteiger partial charge >= 0.3 is 5.97 Å². The Morgan fingerprint density at radius 1 is 0.962 bits per heavy atom. The minimum absolute atomic E-state index is 0.0178. The maximum atomic E-state index is 12.3. The molecule has 0 atom stereocenters. The van der Waals surface area contributed by atoms with Gasteiger partial charge in [-0.05, 0) is 36.1 Å². The maximum absolute atomic E-state index is 12.3. The highest BCUT2D eigenvalue weighted by Gasteiger charge is 2.16. The second-order valence-electron chi connectivity index (χ2n) is 5.84. The van der Waals surface area contributed by atoms with Gasteiger partial charge in [0, 0.05) is 12.0 Å². The van der Waals surface area contributed by atoms with Crippen LogP contribution in [0.2, 0.25) is 0 Å². The van der Waals surface area contributed by atoms with Gasteiger partial charge in [0.2, 0.25) is 10.0 Å². The van der Waals surface area contributed by atoms with Crippen LogP contribution in [0.5, 0.6) is 0 Å². The number of carboxylic acids is 1. The smallest absolute Gasteiger partial charge is 0.303 e. The average molecular weight is 375 g/mol. The van der Waals surface area contributed by atoms with Crippen molar-refractivity contribution in [2.24, 2.45) is 0 Å². The molecule has 2 N–H and O–H groups in total. The predicted molar refractivity (Wildman–Crippen MR) is 97.7 cm³/mol. The second-order valence-corrected chi connectivity index (χ2v) is 7.60. The number of aliphatic carboxylic acids is 1. The number of carbonyl (C=O) groups is 2. The predicted octanol–water partition coefficient (Wildman–Crippen LogP) is 2.43. The van der Waals surface area contributed by atoms with Crippen LogP contribution in [-0.2, 0) is 27.7 Å². The first-order chi connectivity index (χ1) is 12.3. The highest BCUT2D eigenvalue weighted by Crippen LogP contribution is 2.12. The summed E-state index contributed by atoms with van der Waals surface area (Å²) < 4.78 is 26.8. The van der Waals surface area contributed by atoms with Crippen molar-refractivity contribution in [3.63, 3.8) is 0 Å². The van der Waals surface area contributed by atoms with Crippen molar-refractivity contribution in [1.29, 1.82) is 0 Å². The van der Waals surface area contributed by atoms with E-state index in [1.165, 1.54) is 12.1 Å². The van der Waals surface area contributed by atoms with Gasteiger partial charge in [-0.1, -0.05) is 43.3 Å². The number of aryl methyl sites for hydroxylation is 2. The van der Waals surface area contributed by atoms with Crippen LogP contribution in [0.3, 0.4) is 0 Å². The van der Waals surface area contributed by atoms with E-state index in [9.17, 15) is 18.0 Å². The van der Waals surface area contributed by atoms with E-state index >= 15 is 0 Å². The second kappa shape index (κ2) is 8.73. The van der Waals surface area contributed by atoms with Gasteiger partial charge in [-0.25, -0.2) is 13.1 Å². The SMILES string of the molecule is CCc1ccc(S(=O)(=O)NCC(=O)c2ccc(CCC(=O)O)cc2)cc1. The normalized spacial score (nSPS) is 11.3. The molecule has 0 aliphatic rings. The molecule has 0 fully saturated rings. The molecule has 7 heteroatoms. The lowest BCUT2D eigenvalue weighted by molar-refractivity contribution is -0.136. The summed E-state index contributed by atoms with van der Waals surface area (Å²) in [5.41, 5.74) is 2.21. The van der Waals surface area contributed by atoms with Crippen molar-refractivity contribution >= 4 is 21.8 Å². The highest BCUT2D eigenvalue weighted by molar-refractivity contribution is 7.89. The van der Waals surface area contributed by atoms with Gasteiger partial charge in [-0.3, -0.25) is 9.59 Å². The molecule has 0 bridgehead atoms. The average Bonchev–Trinajstić information content (AvgIpc) is 2.65. The molecule has 0 spiro atoms. The summed E-state index contributed by atoms with van der Waals surface area (Å²) in [7, 11) is -3.75. The summed E-state index contributed by atoms with van der Waals surface area (Å²) in [6, 6.07) is 13.0. The van der Waals surface area contributed by atoms with E-state index in [0.29, 0.717) is 12.0 Å². The van der Waals surface area contributed by atoms with Crippen molar-refractivity contribution in [2.75, 3.05) is 6.54 Å². The Balaban J connectivity index is 1.97. The number of hydrogen-bond acceptors (Lipinski definition) is 4. The Bertz CT molecular complexity index is 871. The summed E-state index contributed by atoms with van der Waals surface area (Å²) in [5, 5.41) is 8.67. The zero-order chi connectivity index (χ0) is 19.2. The number of nitrogens with one attached hydrogen (secondary N) is 1. The number of carbonyl (C=O) groups excluding carboxylic acids is 1. The van der Waals surface area contributed by atoms with E-state index in [0.717, 1.165) is 17.5 Å². The Morgan fingerprint density at radius 2 is 1.54 bits per heavy atom. The minimum Gasteiger partial charge on any atom is -0.481 e. The Kier molecular flexibility index (Phi) is 6.65. The third kappa shape index (κ3) is 5.50. The van der Waals surface area contributed by atoms with Crippen molar-refractivity contribution in [3.8, 4) is 0 Å². The zero-order valence-electron chi connectivity index (χ0n) is 14.4. The first-order valence-corrected chi connectivity index (χ1v) is 9.72. The molecule has 0 heterocycles. The molecule has 0 saturated heterocycles. The van der Waals surface area contributed by atoms with Crippen LogP contribution < -0.4 is 4.72 Å². The quantitative estimate of drug-likeness (QED) is 0.656. The number of sulfonamides is 1. The number of hydrogen-bond donors (Lipinski definition) is 2. The van der Waals surface area contributed by atoms with Gasteiger partial charge in [0.1, 0.15) is 0 Å². The van der Waals surface area contributed by atoms with Gasteiger partial charge in [0.25, 0.3) is 0 Å². The summed E-state index contributed by atoms with van der Waals surface area (Å²) in [5.74, 6) is -1.24. The summed E-state index contributed by atoms with van der Waals surface area (Å²) >= 11 is 0. The van der Waals surface area contributed by atoms with Gasteiger partial charge in [-0.15, -0.1) is 0 Å². The van der Waals surface area contributed by atoms with Crippen LogP contribution in [0, 0.1) is 0 Å². The fraction of sp³-hybridized carbons (Fsp3) is 0.263. The lowest BCUT2D eigenvalue weighted by atomic mass is 10.1. The van der Waals surface area contributed by atoms with E-state index in [1.54, 1.807) is 36.4 Å². The summed E-state index contributed by atoms with van der Waals surface area (Å²) in [6.45, 7) is 1.64. The molecule has 0 radical (unpaired) electrons. The molecule has 2 aromatic rings. The molecular weight excluding hydrogens is 354 g/mol. The molecule has 6 nitrogen and oxygen atoms in total. The summed E-state index contributed by atoms with van der Waals surface area (Å²) in [4.78, 5) is 22.9. The van der Waals surface area contributed by atoms with Crippen LogP contribution in [0.15, 0.2) is 53.4 Å². The number of carboxylic acid groups (broad SMARTS) is 1. The molecule has 138 valence electrons. The number of benzene rings is 2. The highest BCUT2D eigenvalue weighted by atomic mass is 32.2. The van der Waals surface area contributed by atoms with Crippen molar-refractivity contribution < 1.29 is 23.1 Å². The Hall–Kier alpha value is -2.51. The standard InChI is InChI=1S/C19H21NO5S/c1-2-14-5-10-17(11-6-14)26(24,25)20-13-18(21)16-8-3-15(4-9-16)7-12-19(22)23/h3-6,8-11,20H,2,7,12-13H2,1H3,(H,22,23). The largest absolute Gasteiger partial charge is 0.481 e. The molecule has 2 aromatic carbocycles. The number of rotatable bonds is 9. The molecule has 2 rings (SSSR count). The fourth-order valence-electron chi connectivity index (χ4n) is 2.36. The van der Waals surface area contributed by atoms with E-state index in [2.05, 4.69) is 4.72 Å². The van der Waals surface area contributed by atoms with Crippen LogP contribution in [0.4, 0.5) is 0 Å². The molecule has 0 aliphatic heterocycles. The topological polar surface area (TPSA) is 101 Å². The fourth-order valence-corrected chi connectivity index (χ4v) is 3.34. The monoisotopic (exact) mass is 375 g/mol. The van der Waals surface area contributed by atoms with E-state index in [-0.39, 0.29) is 23.6 Å². The van der Waals surface area contributed by atoms with E-state index in [1.807, 2.05) is 6.92 Å². The van der Waals surface area contributed by atoms with Gasteiger partial charge < -0.3 is 5.11 Å². The van der Waals surface area contributed by atoms with Crippen LogP contribution in [0.1, 0.15) is 34.8 Å². The Labute approximate surface area is 152 Å². The molecule has 26 heavy (non-hydrogen) atoms. The molecule has 0 unspecified atom stereocenters. The van der Waals surface area contributed by atoms with Crippen molar-refractivity contribution in [1.82, 2.24) is 4.72 Å².